The standard InChI is InChI=1S/C25H27NO5S.C24H25NO3.C24H23NO2.C12H22O3.C11H20O3.C6H10O2.C5H11NO3.C5H9NO2/c1-19(31-32(3,28)29)23(24(27)30-2)26-25(20-13-7-4-8-14-20,21-15-9-5-10-16-21)22-17-11-6-12-18-22;1-18(26)22(23(27)28-2)25-24(19-12-6-3-7-13-19,20-14-8-4-9-15-20)21-16-10-5-11-17-21;1-18-22(23(26)27-2)25(18)24(19-12-6-3-7-13-19,20-14-8-4-9-15-20)21-16-10-5-11-17-21;1-6-7-8-9(2)15-11(4)10(3)12(13)14-5;1-5-6-7-8(2)14-10(4)9(3)11(12)13;1-4-3-5(4)6(7)8-2;1-3(7)4(6)5(8)9-2;1-3-4(6-3)5(7)8-2/h4-19,23,26H,1-3H3;3-18,22,25-26H,1-2H3;3-18,22H,1-2H3;6,9-11H,1,7-8H2,2-5H3;5,8-10H,1,6-7H2,2-4H3,(H,12,13);4-5H,3H2,1-2H3;3-4,7H,6H2,1-2H3;3-4,6H,1-2H3/t19-,23-;18-,22-;18-,22+,25?;9-,10+,11+;8-,9+,10+;4-,5-;3-,4-;3-,4+/m00111001/s1. The van der Waals surface area contributed by atoms with Crippen molar-refractivity contribution in [1.29, 1.82) is 0 Å². The largest absolute Gasteiger partial charge is 0.481 e. The smallest absolute Gasteiger partial charge is 0.325 e. The van der Waals surface area contributed by atoms with Crippen LogP contribution < -0.4 is 21.7 Å². The van der Waals surface area contributed by atoms with Crippen molar-refractivity contribution >= 4 is 57.9 Å². The third-order valence-electron chi connectivity index (χ3n) is 24.4. The molecule has 0 amide bonds. The number of hydrogen-bond acceptors (Lipinski definition) is 27. The number of benzene rings is 9. The SMILES string of the molecule is C=CCC[C@@H](C)O[C@@H](C)[C@H](C)C(=O)O.C=CCC[C@@H](C)O[C@@H](C)[C@H](C)C(=O)OC.COC(=O)[C@@H](N)[C@H](C)O.COC(=O)[C@@H](NC(c1ccccc1)(c1ccccc1)c1ccccc1)[C@H](C)O.COC(=O)[C@@H](NC(c1ccccc1)(c1ccccc1)c1ccccc1)[C@H](C)OS(C)(=O)=O.COC(=O)[C@@H]1[C@@H](C)N1C(c1ccccc1)(c1ccccc1)c1ccccc1.COC(=O)[C@H]1C[C@@H]1C.COC(=O)[C@H]1N[C@@H]1C. The van der Waals surface area contributed by atoms with Crippen LogP contribution in [0, 0.1) is 23.7 Å². The van der Waals surface area contributed by atoms with Crippen molar-refractivity contribution in [2.45, 2.75) is 217 Å². The van der Waals surface area contributed by atoms with Crippen molar-refractivity contribution in [2.75, 3.05) is 56.0 Å². The molecule has 3 aliphatic rings. The van der Waals surface area contributed by atoms with Crippen LogP contribution >= 0.6 is 0 Å². The van der Waals surface area contributed by atoms with Gasteiger partial charge >= 0.3 is 47.8 Å². The van der Waals surface area contributed by atoms with Gasteiger partial charge in [0.1, 0.15) is 36.3 Å². The summed E-state index contributed by atoms with van der Waals surface area (Å²) in [5.41, 5.74) is 11.7. The van der Waals surface area contributed by atoms with E-state index in [1.54, 1.807) is 20.8 Å². The number of carboxylic acid groups (broad SMARTS) is 1. The minimum absolute atomic E-state index is 0.0278. The normalized spacial score (nSPS) is 18.3. The Balaban J connectivity index is 0.000000298. The number of ether oxygens (including phenoxy) is 9. The van der Waals surface area contributed by atoms with Gasteiger partial charge in [-0.05, 0) is 164 Å². The molecule has 2 saturated heterocycles. The monoisotopic (exact) mass is 1960 g/mol. The van der Waals surface area contributed by atoms with Crippen LogP contribution in [0.5, 0.6) is 0 Å². The first kappa shape index (κ1) is 119. The van der Waals surface area contributed by atoms with Gasteiger partial charge in [0.05, 0.1) is 127 Å². The average molecular weight is 1960 g/mol. The lowest BCUT2D eigenvalue weighted by Crippen LogP contribution is -2.57. The minimum Gasteiger partial charge on any atom is -0.481 e. The van der Waals surface area contributed by atoms with E-state index >= 15 is 0 Å². The molecule has 8 N–H and O–H groups in total. The Morgan fingerprint density at radius 2 is 0.709 bits per heavy atom. The molecule has 19 atom stereocenters. The number of methoxy groups -OCH3 is 7. The predicted octanol–water partition coefficient (Wildman–Crippen LogP) is 15.4. The number of allylic oxidation sites excluding steroid dienone is 2. The topological polar surface area (TPSA) is 399 Å². The molecule has 9 aromatic carbocycles. The summed E-state index contributed by atoms with van der Waals surface area (Å²) < 4.78 is 73.0. The molecule has 9 aromatic rings. The van der Waals surface area contributed by atoms with Gasteiger partial charge in [-0.3, -0.25) is 63.4 Å². The van der Waals surface area contributed by atoms with E-state index in [0.717, 1.165) is 88.4 Å². The fraction of sp³-hybridized carbons (Fsp3) is 0.411. The van der Waals surface area contributed by atoms with Gasteiger partial charge in [0.15, 0.2) is 0 Å². The minimum atomic E-state index is -3.81. The maximum absolute atomic E-state index is 12.9. The van der Waals surface area contributed by atoms with Gasteiger partial charge in [-0.1, -0.05) is 292 Å². The summed E-state index contributed by atoms with van der Waals surface area (Å²) in [7, 11) is 5.70. The first-order valence-corrected chi connectivity index (χ1v) is 48.9. The number of carbonyl (C=O) groups excluding carboxylic acids is 7. The van der Waals surface area contributed by atoms with Gasteiger partial charge in [0, 0.05) is 12.1 Å². The highest BCUT2D eigenvalue weighted by Gasteiger charge is 2.62. The third-order valence-corrected chi connectivity index (χ3v) is 25.1. The van der Waals surface area contributed by atoms with Crippen molar-refractivity contribution in [3.63, 3.8) is 0 Å². The number of hydrogen-bond donors (Lipinski definition) is 7. The number of nitrogens with one attached hydrogen (secondary N) is 3. The molecule has 1 unspecified atom stereocenters. The van der Waals surface area contributed by atoms with Crippen LogP contribution in [0.4, 0.5) is 0 Å². The Bertz CT molecular complexity index is 5020. The van der Waals surface area contributed by atoms with Crippen LogP contribution in [0.15, 0.2) is 298 Å². The van der Waals surface area contributed by atoms with E-state index in [1.165, 1.54) is 63.6 Å². The molecule has 1 saturated carbocycles. The summed E-state index contributed by atoms with van der Waals surface area (Å²) >= 11 is 0. The average Bonchev–Trinajstić information content (AvgIpc) is 1.54. The summed E-state index contributed by atoms with van der Waals surface area (Å²) in [4.78, 5) is 93.4. The van der Waals surface area contributed by atoms with Crippen molar-refractivity contribution in [2.24, 2.45) is 29.4 Å². The Morgan fingerprint density at radius 1 is 0.426 bits per heavy atom. The van der Waals surface area contributed by atoms with Crippen molar-refractivity contribution in [3.05, 3.63) is 348 Å². The van der Waals surface area contributed by atoms with E-state index in [1.807, 2.05) is 247 Å². The molecule has 12 rings (SSSR count). The van der Waals surface area contributed by atoms with Gasteiger partial charge in [0.25, 0.3) is 10.1 Å². The van der Waals surface area contributed by atoms with Crippen LogP contribution in [0.3, 0.4) is 0 Å². The van der Waals surface area contributed by atoms with Crippen LogP contribution in [0.2, 0.25) is 0 Å². The highest BCUT2D eigenvalue weighted by Crippen LogP contribution is 2.52. The lowest BCUT2D eigenvalue weighted by Gasteiger charge is -2.40. The molecule has 2 heterocycles. The molecular weight excluding hydrogens is 1820 g/mol. The Kier molecular flexibility index (Phi) is 50.9. The Labute approximate surface area is 833 Å². The van der Waals surface area contributed by atoms with Gasteiger partial charge in [0.2, 0.25) is 0 Å². The molecule has 0 spiro atoms. The Hall–Kier alpha value is -12.2. The number of carbonyl (C=O) groups is 8. The number of aliphatic hydroxyl groups is 2. The zero-order chi connectivity index (χ0) is 105. The van der Waals surface area contributed by atoms with Crippen molar-refractivity contribution < 1.29 is 109 Å². The fourth-order valence-corrected chi connectivity index (χ4v) is 16.5. The second-order valence-corrected chi connectivity index (χ2v) is 36.3. The molecule has 0 radical (unpaired) electrons. The highest BCUT2D eigenvalue weighted by atomic mass is 32.2. The quantitative estimate of drug-likeness (QED) is 0.00470. The molecule has 28 nitrogen and oxygen atoms in total. The fourth-order valence-electron chi connectivity index (χ4n) is 15.9. The second kappa shape index (κ2) is 60.1. The number of nitrogens with two attached hydrogens (primary N) is 1. The maximum atomic E-state index is 12.9. The predicted molar refractivity (Wildman–Crippen MR) is 546 cm³/mol. The molecule has 2 aliphatic heterocycles. The van der Waals surface area contributed by atoms with E-state index < -0.39 is 93.0 Å². The van der Waals surface area contributed by atoms with Crippen LogP contribution in [-0.4, -0.2) is 217 Å². The van der Waals surface area contributed by atoms with Crippen molar-refractivity contribution in [1.82, 2.24) is 20.9 Å². The molecule has 764 valence electrons. The van der Waals surface area contributed by atoms with Gasteiger partial charge in [-0.15, -0.1) is 13.2 Å². The van der Waals surface area contributed by atoms with Crippen LogP contribution in [-0.2, 0) is 112 Å². The maximum Gasteiger partial charge on any atom is 0.325 e. The summed E-state index contributed by atoms with van der Waals surface area (Å²) in [6.45, 7) is 29.0. The molecular formula is C112H147N5O23S. The number of nitrogens with zero attached hydrogens (tertiary/aromatic N) is 1. The van der Waals surface area contributed by atoms with E-state index in [2.05, 4.69) is 140 Å². The molecule has 141 heavy (non-hydrogen) atoms. The van der Waals surface area contributed by atoms with Crippen LogP contribution in [0.25, 0.3) is 0 Å². The molecule has 3 fully saturated rings. The van der Waals surface area contributed by atoms with E-state index in [0.29, 0.717) is 12.0 Å². The highest BCUT2D eigenvalue weighted by molar-refractivity contribution is 7.86. The summed E-state index contributed by atoms with van der Waals surface area (Å²) in [6, 6.07) is 87.2. The van der Waals surface area contributed by atoms with Crippen molar-refractivity contribution in [3.8, 4) is 0 Å². The third kappa shape index (κ3) is 35.5. The second-order valence-electron chi connectivity index (χ2n) is 34.7. The number of esters is 7. The van der Waals surface area contributed by atoms with E-state index in [-0.39, 0.29) is 78.3 Å². The summed E-state index contributed by atoms with van der Waals surface area (Å²) in [6.07, 6.45) is 6.40. The first-order valence-electron chi connectivity index (χ1n) is 47.1. The van der Waals surface area contributed by atoms with E-state index in [4.69, 9.17) is 43.8 Å². The number of carboxylic acids is 1. The zero-order valence-corrected chi connectivity index (χ0v) is 85.7. The molecule has 0 aromatic heterocycles. The summed E-state index contributed by atoms with van der Waals surface area (Å²) in [5, 5.41) is 37.6. The first-order chi connectivity index (χ1) is 67.2. The number of rotatable bonds is 39. The van der Waals surface area contributed by atoms with E-state index in [9.17, 15) is 51.9 Å². The van der Waals surface area contributed by atoms with Gasteiger partial charge in [-0.2, -0.15) is 8.42 Å². The lowest BCUT2D eigenvalue weighted by molar-refractivity contribution is -0.151. The van der Waals surface area contributed by atoms with Crippen LogP contribution in [0.1, 0.15) is 165 Å². The van der Waals surface area contributed by atoms with Gasteiger partial charge < -0.3 is 63.7 Å². The molecule has 1 aliphatic carbocycles. The lowest BCUT2D eigenvalue weighted by atomic mass is 9.76. The molecule has 0 bridgehead atoms. The van der Waals surface area contributed by atoms with Gasteiger partial charge in [-0.25, -0.2) is 0 Å². The number of aliphatic carboxylic acids is 1. The zero-order valence-electron chi connectivity index (χ0n) is 84.9. The molecule has 29 heteroatoms. The Morgan fingerprint density at radius 3 is 0.936 bits per heavy atom. The summed E-state index contributed by atoms with van der Waals surface area (Å²) in [5.74, 6) is -3.04. The number of aliphatic hydroxyl groups excluding tert-OH is 2.